The summed E-state index contributed by atoms with van der Waals surface area (Å²) in [6.45, 7) is 0.361. The average Bonchev–Trinajstić information content (AvgIpc) is 2.69. The lowest BCUT2D eigenvalue weighted by Crippen LogP contribution is -2.30. The minimum atomic E-state index is -0.516. The lowest BCUT2D eigenvalue weighted by molar-refractivity contribution is -0.119. The summed E-state index contributed by atoms with van der Waals surface area (Å²) in [5, 5.41) is 6.40. The summed E-state index contributed by atoms with van der Waals surface area (Å²) in [7, 11) is 4.86. The maximum Gasteiger partial charge on any atom is 0.255 e. The number of benzene rings is 2. The van der Waals surface area contributed by atoms with E-state index >= 15 is 0 Å². The van der Waals surface area contributed by atoms with Gasteiger partial charge in [-0.05, 0) is 29.8 Å². The van der Waals surface area contributed by atoms with Gasteiger partial charge >= 0.3 is 0 Å². The molecule has 2 aromatic carbocycles. The molecule has 2 rings (SSSR count). The summed E-state index contributed by atoms with van der Waals surface area (Å²) >= 11 is 0. The molecule has 0 aliphatic rings. The molecule has 0 spiro atoms. The number of anilines is 1. The van der Waals surface area contributed by atoms with Crippen molar-refractivity contribution in [3.05, 3.63) is 48.0 Å². The van der Waals surface area contributed by atoms with Crippen LogP contribution in [0.5, 0.6) is 17.2 Å². The zero-order valence-electron chi connectivity index (χ0n) is 16.0. The van der Waals surface area contributed by atoms with Crippen molar-refractivity contribution in [3.63, 3.8) is 0 Å². The van der Waals surface area contributed by atoms with Crippen LogP contribution >= 0.6 is 24.0 Å². The fourth-order valence-corrected chi connectivity index (χ4v) is 2.32. The Morgan fingerprint density at radius 1 is 1.11 bits per heavy atom. The zero-order chi connectivity index (χ0) is 19.6. The Morgan fingerprint density at radius 3 is 2.50 bits per heavy atom. The van der Waals surface area contributed by atoms with Crippen LogP contribution in [0.2, 0.25) is 0 Å². The van der Waals surface area contributed by atoms with E-state index in [1.807, 2.05) is 36.4 Å². The first-order chi connectivity index (χ1) is 13.0. The molecular formula is C19H25IN4O4. The van der Waals surface area contributed by atoms with Crippen LogP contribution in [0.4, 0.5) is 5.69 Å². The Labute approximate surface area is 181 Å². The van der Waals surface area contributed by atoms with Gasteiger partial charge in [-0.25, -0.2) is 0 Å². The van der Waals surface area contributed by atoms with Gasteiger partial charge < -0.3 is 30.6 Å². The topological polar surface area (TPSA) is 107 Å². The maximum absolute atomic E-state index is 10.8. The molecule has 0 heterocycles. The predicted octanol–water partition coefficient (Wildman–Crippen LogP) is 2.37. The highest BCUT2D eigenvalue weighted by atomic mass is 127. The van der Waals surface area contributed by atoms with Crippen LogP contribution in [0, 0.1) is 0 Å². The standard InChI is InChI=1S/C19H24N4O4.HI/c1-21-19(23-14-7-8-16(25-2)17(10-14)26-3)22-11-13-5-4-6-15(9-13)27-12-18(20)24;/h4-10H,11-12H2,1-3H3,(H2,20,24)(H2,21,22,23);1H. The Bertz CT molecular complexity index is 814. The van der Waals surface area contributed by atoms with Crippen molar-refractivity contribution in [2.75, 3.05) is 33.2 Å². The van der Waals surface area contributed by atoms with Gasteiger partial charge in [-0.2, -0.15) is 0 Å². The molecule has 2 aromatic rings. The van der Waals surface area contributed by atoms with Gasteiger partial charge in [0.2, 0.25) is 0 Å². The van der Waals surface area contributed by atoms with Gasteiger partial charge in [0, 0.05) is 25.3 Å². The van der Waals surface area contributed by atoms with Crippen molar-refractivity contribution in [2.45, 2.75) is 6.54 Å². The van der Waals surface area contributed by atoms with Crippen molar-refractivity contribution in [3.8, 4) is 17.2 Å². The highest BCUT2D eigenvalue weighted by molar-refractivity contribution is 14.0. The molecule has 4 N–H and O–H groups in total. The number of amides is 1. The van der Waals surface area contributed by atoms with E-state index in [4.69, 9.17) is 19.9 Å². The van der Waals surface area contributed by atoms with Crippen LogP contribution in [0.3, 0.4) is 0 Å². The molecule has 1 amide bonds. The van der Waals surface area contributed by atoms with E-state index in [-0.39, 0.29) is 30.6 Å². The van der Waals surface area contributed by atoms with Crippen LogP contribution in [0.15, 0.2) is 47.5 Å². The summed E-state index contributed by atoms with van der Waals surface area (Å²) < 4.78 is 15.8. The van der Waals surface area contributed by atoms with Crippen molar-refractivity contribution in [1.29, 1.82) is 0 Å². The van der Waals surface area contributed by atoms with Gasteiger partial charge in [-0.3, -0.25) is 9.79 Å². The quantitative estimate of drug-likeness (QED) is 0.292. The number of ether oxygens (including phenoxy) is 3. The number of halogens is 1. The number of carbonyl (C=O) groups excluding carboxylic acids is 1. The molecule has 0 bridgehead atoms. The largest absolute Gasteiger partial charge is 0.493 e. The number of carbonyl (C=O) groups is 1. The maximum atomic E-state index is 10.8. The number of nitrogens with one attached hydrogen (secondary N) is 2. The zero-order valence-corrected chi connectivity index (χ0v) is 18.4. The fraction of sp³-hybridized carbons (Fsp3) is 0.263. The summed E-state index contributed by atoms with van der Waals surface area (Å²) in [5.74, 6) is 1.93. The molecule has 0 aliphatic heterocycles. The van der Waals surface area contributed by atoms with Gasteiger partial charge in [-0.1, -0.05) is 12.1 Å². The molecule has 0 aliphatic carbocycles. The highest BCUT2D eigenvalue weighted by Crippen LogP contribution is 2.29. The first kappa shape index (κ1) is 23.3. The third-order valence-electron chi connectivity index (χ3n) is 3.61. The average molecular weight is 500 g/mol. The number of hydrogen-bond acceptors (Lipinski definition) is 5. The van der Waals surface area contributed by atoms with Crippen molar-refractivity contribution in [2.24, 2.45) is 10.7 Å². The second kappa shape index (κ2) is 11.9. The molecule has 152 valence electrons. The molecule has 28 heavy (non-hydrogen) atoms. The van der Waals surface area contributed by atoms with E-state index in [0.717, 1.165) is 11.3 Å². The molecule has 9 heteroatoms. The number of nitrogens with zero attached hydrogens (tertiary/aromatic N) is 1. The van der Waals surface area contributed by atoms with E-state index in [1.54, 1.807) is 27.3 Å². The third-order valence-corrected chi connectivity index (χ3v) is 3.61. The monoisotopic (exact) mass is 500 g/mol. The Kier molecular flexibility index (Phi) is 9.93. The third kappa shape index (κ3) is 7.14. The van der Waals surface area contributed by atoms with Gasteiger partial charge in [0.15, 0.2) is 24.1 Å². The first-order valence-corrected chi connectivity index (χ1v) is 8.25. The van der Waals surface area contributed by atoms with Gasteiger partial charge in [-0.15, -0.1) is 24.0 Å². The minimum absolute atomic E-state index is 0. The van der Waals surface area contributed by atoms with Crippen LogP contribution in [0.1, 0.15) is 5.56 Å². The van der Waals surface area contributed by atoms with E-state index < -0.39 is 5.91 Å². The van der Waals surface area contributed by atoms with Gasteiger partial charge in [0.05, 0.1) is 14.2 Å². The summed E-state index contributed by atoms with van der Waals surface area (Å²) in [5.41, 5.74) is 6.86. The number of primary amides is 1. The fourth-order valence-electron chi connectivity index (χ4n) is 2.32. The number of aliphatic imine (C=N–C) groups is 1. The molecule has 0 unspecified atom stereocenters. The summed E-state index contributed by atoms with van der Waals surface area (Å²) in [6, 6.07) is 12.9. The Balaban J connectivity index is 0.00000392. The molecule has 0 saturated carbocycles. The Hall–Kier alpha value is -2.69. The lowest BCUT2D eigenvalue weighted by Gasteiger charge is -2.14. The first-order valence-electron chi connectivity index (χ1n) is 8.25. The molecule has 0 radical (unpaired) electrons. The van der Waals surface area contributed by atoms with Crippen LogP contribution in [-0.2, 0) is 11.3 Å². The van der Waals surface area contributed by atoms with Crippen LogP contribution < -0.4 is 30.6 Å². The smallest absolute Gasteiger partial charge is 0.255 e. The number of hydrogen-bond donors (Lipinski definition) is 3. The number of nitrogens with two attached hydrogens (primary N) is 1. The summed E-state index contributed by atoms with van der Waals surface area (Å²) in [4.78, 5) is 15.0. The molecule has 0 aromatic heterocycles. The van der Waals surface area contributed by atoms with Crippen molar-refractivity contribution >= 4 is 41.5 Å². The van der Waals surface area contributed by atoms with Crippen molar-refractivity contribution < 1.29 is 19.0 Å². The van der Waals surface area contributed by atoms with E-state index in [0.29, 0.717) is 29.8 Å². The SMILES string of the molecule is CN=C(NCc1cccc(OCC(N)=O)c1)Nc1ccc(OC)c(OC)c1.I. The molecule has 0 fully saturated rings. The van der Waals surface area contributed by atoms with E-state index in [2.05, 4.69) is 15.6 Å². The number of rotatable bonds is 8. The number of methoxy groups -OCH3 is 2. The second-order valence-corrected chi connectivity index (χ2v) is 5.52. The molecular weight excluding hydrogens is 475 g/mol. The Morgan fingerprint density at radius 2 is 1.86 bits per heavy atom. The van der Waals surface area contributed by atoms with Gasteiger partial charge in [0.25, 0.3) is 5.91 Å². The second-order valence-electron chi connectivity index (χ2n) is 5.52. The number of guanidine groups is 1. The van der Waals surface area contributed by atoms with Crippen LogP contribution in [-0.4, -0.2) is 39.7 Å². The van der Waals surface area contributed by atoms with Crippen molar-refractivity contribution in [1.82, 2.24) is 5.32 Å². The normalized spacial score (nSPS) is 10.5. The van der Waals surface area contributed by atoms with Gasteiger partial charge in [0.1, 0.15) is 5.75 Å². The predicted molar refractivity (Wildman–Crippen MR) is 120 cm³/mol. The molecule has 8 nitrogen and oxygen atoms in total. The minimum Gasteiger partial charge on any atom is -0.493 e. The van der Waals surface area contributed by atoms with E-state index in [1.165, 1.54) is 0 Å². The summed E-state index contributed by atoms with van der Waals surface area (Å²) in [6.07, 6.45) is 0. The van der Waals surface area contributed by atoms with E-state index in [9.17, 15) is 4.79 Å². The highest BCUT2D eigenvalue weighted by Gasteiger charge is 2.07. The molecule has 0 atom stereocenters. The van der Waals surface area contributed by atoms with Crippen LogP contribution in [0.25, 0.3) is 0 Å². The molecule has 0 saturated heterocycles. The lowest BCUT2D eigenvalue weighted by atomic mass is 10.2.